The number of rotatable bonds is 9. The Morgan fingerprint density at radius 3 is 1.62 bits per heavy atom. The molecule has 2 heterocycles. The summed E-state index contributed by atoms with van der Waals surface area (Å²) in [6, 6.07) is 24.2. The van der Waals surface area contributed by atoms with Crippen LogP contribution in [0.15, 0.2) is 89.6 Å². The first kappa shape index (κ1) is 24.8. The maximum Gasteiger partial charge on any atom is 0.193 e. The van der Waals surface area contributed by atoms with Crippen molar-refractivity contribution in [1.29, 1.82) is 0 Å². The van der Waals surface area contributed by atoms with E-state index in [1.54, 1.807) is 24.3 Å². The van der Waals surface area contributed by atoms with E-state index in [0.717, 1.165) is 29.8 Å². The molecule has 0 saturated carbocycles. The summed E-state index contributed by atoms with van der Waals surface area (Å²) in [6.45, 7) is 2.16. The quantitative estimate of drug-likeness (QED) is 0.233. The van der Waals surface area contributed by atoms with Gasteiger partial charge in [-0.1, -0.05) is 48.5 Å². The van der Waals surface area contributed by atoms with Crippen molar-refractivity contribution in [3.05, 3.63) is 123 Å². The van der Waals surface area contributed by atoms with Gasteiger partial charge < -0.3 is 4.90 Å². The predicted molar refractivity (Wildman–Crippen MR) is 149 cm³/mol. The Morgan fingerprint density at radius 1 is 0.595 bits per heavy atom. The summed E-state index contributed by atoms with van der Waals surface area (Å²) in [5.41, 5.74) is 5.51. The van der Waals surface area contributed by atoms with E-state index in [0.29, 0.717) is 29.5 Å². The second-order valence-corrected chi connectivity index (χ2v) is 10.3. The summed E-state index contributed by atoms with van der Waals surface area (Å²) in [5.74, 6) is 0.0575. The molecule has 5 heteroatoms. The summed E-state index contributed by atoms with van der Waals surface area (Å²) in [5, 5.41) is 3.74. The van der Waals surface area contributed by atoms with Crippen LogP contribution in [0, 0.1) is 0 Å². The van der Waals surface area contributed by atoms with Crippen LogP contribution < -0.4 is 4.90 Å². The van der Waals surface area contributed by atoms with Crippen LogP contribution in [0.5, 0.6) is 0 Å². The molecule has 0 aliphatic carbocycles. The highest BCUT2D eigenvalue weighted by Gasteiger charge is 2.14. The van der Waals surface area contributed by atoms with Crippen molar-refractivity contribution in [2.45, 2.75) is 32.1 Å². The Balaban J connectivity index is 1.18. The molecule has 0 atom stereocenters. The lowest BCUT2D eigenvalue weighted by molar-refractivity contribution is 0.0985. The number of hydrogen-bond donors (Lipinski definition) is 0. The number of Topliss-reactive ketones (excluding diaryl/α,β-unsaturated/α-hetero) is 2. The zero-order chi connectivity index (χ0) is 25.6. The third-order valence-electron chi connectivity index (χ3n) is 6.92. The molecule has 5 rings (SSSR count). The van der Waals surface area contributed by atoms with Crippen LogP contribution in [0.3, 0.4) is 0 Å². The van der Waals surface area contributed by atoms with E-state index in [1.165, 1.54) is 36.3 Å². The van der Waals surface area contributed by atoms with Gasteiger partial charge in [-0.05, 0) is 66.1 Å². The molecule has 0 amide bonds. The molecule has 0 unspecified atom stereocenters. The first-order chi connectivity index (χ1) is 18.1. The van der Waals surface area contributed by atoms with Gasteiger partial charge in [0.05, 0.1) is 0 Å². The highest BCUT2D eigenvalue weighted by Crippen LogP contribution is 2.21. The van der Waals surface area contributed by atoms with Gasteiger partial charge in [0, 0.05) is 59.3 Å². The molecule has 1 aliphatic rings. The van der Waals surface area contributed by atoms with Gasteiger partial charge in [0.2, 0.25) is 0 Å². The van der Waals surface area contributed by atoms with Gasteiger partial charge in [0.25, 0.3) is 0 Å². The Bertz CT molecular complexity index is 1370. The van der Waals surface area contributed by atoms with Gasteiger partial charge in [0.15, 0.2) is 17.3 Å². The fraction of sp³-hybridized carbons (Fsp3) is 0.219. The van der Waals surface area contributed by atoms with Gasteiger partial charge in [0.1, 0.15) is 0 Å². The van der Waals surface area contributed by atoms with Crippen molar-refractivity contribution >= 4 is 34.4 Å². The number of carbonyl (C=O) groups excluding carboxylic acids is 3. The third kappa shape index (κ3) is 6.12. The third-order valence-corrected chi connectivity index (χ3v) is 7.60. The summed E-state index contributed by atoms with van der Waals surface area (Å²) >= 11 is 1.50. The van der Waals surface area contributed by atoms with E-state index >= 15 is 0 Å². The molecule has 0 N–H and O–H groups in total. The van der Waals surface area contributed by atoms with E-state index < -0.39 is 0 Å². The van der Waals surface area contributed by atoms with Crippen molar-refractivity contribution in [2.75, 3.05) is 18.0 Å². The minimum absolute atomic E-state index is 0.0665. The zero-order valence-electron chi connectivity index (χ0n) is 20.7. The van der Waals surface area contributed by atoms with Gasteiger partial charge >= 0.3 is 0 Å². The smallest absolute Gasteiger partial charge is 0.193 e. The highest BCUT2D eigenvalue weighted by molar-refractivity contribution is 7.08. The largest absolute Gasteiger partial charge is 0.372 e. The van der Waals surface area contributed by atoms with E-state index in [9.17, 15) is 14.4 Å². The first-order valence-corrected chi connectivity index (χ1v) is 13.7. The van der Waals surface area contributed by atoms with Crippen LogP contribution in [0.2, 0.25) is 0 Å². The topological polar surface area (TPSA) is 54.5 Å². The van der Waals surface area contributed by atoms with E-state index in [2.05, 4.69) is 4.90 Å². The number of piperidine rings is 1. The van der Waals surface area contributed by atoms with Gasteiger partial charge in [-0.3, -0.25) is 14.4 Å². The lowest BCUT2D eigenvalue weighted by Crippen LogP contribution is -2.29. The SMILES string of the molecule is O=C(Cc1ccc(C(=O)c2ccc(CC(=O)c3ccsc3)cc2)cc1)c1ccc(N2CCCCC2)cc1. The van der Waals surface area contributed by atoms with Crippen molar-refractivity contribution in [3.8, 4) is 0 Å². The molecule has 4 aromatic rings. The number of ketones is 3. The van der Waals surface area contributed by atoms with Crippen LogP contribution in [0.4, 0.5) is 5.69 Å². The monoisotopic (exact) mass is 507 g/mol. The number of benzene rings is 3. The van der Waals surface area contributed by atoms with Crippen molar-refractivity contribution in [1.82, 2.24) is 0 Å². The number of carbonyl (C=O) groups is 3. The average Bonchev–Trinajstić information content (AvgIpc) is 3.50. The van der Waals surface area contributed by atoms with Crippen molar-refractivity contribution in [2.24, 2.45) is 0 Å². The minimum atomic E-state index is -0.0816. The fourth-order valence-electron chi connectivity index (χ4n) is 4.72. The maximum absolute atomic E-state index is 12.9. The Morgan fingerprint density at radius 2 is 1.11 bits per heavy atom. The predicted octanol–water partition coefficient (Wildman–Crippen LogP) is 6.82. The standard InChI is InChI=1S/C32H29NO3S/c34-30(25-12-14-29(15-13-25)33-17-2-1-3-18-33)20-23-4-8-26(9-5-23)32(36)27-10-6-24(7-11-27)21-31(35)28-16-19-37-22-28/h4-16,19,22H,1-3,17-18,20-21H2. The molecule has 1 aliphatic heterocycles. The molecule has 1 saturated heterocycles. The summed E-state index contributed by atoms with van der Waals surface area (Å²) < 4.78 is 0. The van der Waals surface area contributed by atoms with E-state index in [1.807, 2.05) is 65.4 Å². The van der Waals surface area contributed by atoms with Crippen LogP contribution in [0.25, 0.3) is 0 Å². The lowest BCUT2D eigenvalue weighted by Gasteiger charge is -2.28. The minimum Gasteiger partial charge on any atom is -0.372 e. The summed E-state index contributed by atoms with van der Waals surface area (Å²) in [4.78, 5) is 40.5. The molecule has 0 spiro atoms. The van der Waals surface area contributed by atoms with Gasteiger partial charge in [-0.25, -0.2) is 0 Å². The van der Waals surface area contributed by atoms with Crippen molar-refractivity contribution in [3.63, 3.8) is 0 Å². The van der Waals surface area contributed by atoms with Crippen molar-refractivity contribution < 1.29 is 14.4 Å². The summed E-state index contributed by atoms with van der Waals surface area (Å²) in [7, 11) is 0. The molecule has 186 valence electrons. The maximum atomic E-state index is 12.9. The van der Waals surface area contributed by atoms with Gasteiger partial charge in [-0.2, -0.15) is 11.3 Å². The molecular formula is C32H29NO3S. The van der Waals surface area contributed by atoms with Crippen LogP contribution >= 0.6 is 11.3 Å². The molecular weight excluding hydrogens is 478 g/mol. The first-order valence-electron chi connectivity index (χ1n) is 12.7. The molecule has 0 radical (unpaired) electrons. The lowest BCUT2D eigenvalue weighted by atomic mass is 9.97. The van der Waals surface area contributed by atoms with Gasteiger partial charge in [-0.15, -0.1) is 0 Å². The Hall–Kier alpha value is -3.83. The normalized spacial score (nSPS) is 13.4. The Labute approximate surface area is 221 Å². The van der Waals surface area contributed by atoms with Crippen LogP contribution in [-0.2, 0) is 12.8 Å². The van der Waals surface area contributed by atoms with E-state index in [-0.39, 0.29) is 17.3 Å². The zero-order valence-corrected chi connectivity index (χ0v) is 21.5. The Kier molecular flexibility index (Phi) is 7.71. The molecule has 3 aromatic carbocycles. The van der Waals surface area contributed by atoms with Crippen LogP contribution in [-0.4, -0.2) is 30.4 Å². The average molecular weight is 508 g/mol. The van der Waals surface area contributed by atoms with E-state index in [4.69, 9.17) is 0 Å². The highest BCUT2D eigenvalue weighted by atomic mass is 32.1. The number of hydrogen-bond acceptors (Lipinski definition) is 5. The number of thiophene rings is 1. The summed E-state index contributed by atoms with van der Waals surface area (Å²) in [6.07, 6.45) is 4.35. The fourth-order valence-corrected chi connectivity index (χ4v) is 5.38. The molecule has 1 aromatic heterocycles. The van der Waals surface area contributed by atoms with Crippen LogP contribution in [0.1, 0.15) is 67.0 Å². The number of anilines is 1. The number of nitrogens with zero attached hydrogens (tertiary/aromatic N) is 1. The second kappa shape index (κ2) is 11.5. The molecule has 4 nitrogen and oxygen atoms in total. The molecule has 0 bridgehead atoms. The molecule has 1 fully saturated rings. The molecule has 37 heavy (non-hydrogen) atoms. The second-order valence-electron chi connectivity index (χ2n) is 9.53.